The first-order valence-electron chi connectivity index (χ1n) is 5.81. The normalized spacial score (nSPS) is 13.4. The van der Waals surface area contributed by atoms with E-state index in [0.717, 1.165) is 12.8 Å². The van der Waals surface area contributed by atoms with Gasteiger partial charge in [-0.05, 0) is 39.5 Å². The van der Waals surface area contributed by atoms with Gasteiger partial charge in [-0.15, -0.1) is 0 Å². The maximum absolute atomic E-state index is 11.6. The van der Waals surface area contributed by atoms with Crippen LogP contribution in [0.1, 0.15) is 40.5 Å². The van der Waals surface area contributed by atoms with Gasteiger partial charge in [0.1, 0.15) is 5.60 Å². The molecule has 0 heterocycles. The first kappa shape index (κ1) is 15.2. The second-order valence-corrected chi connectivity index (χ2v) is 5.31. The zero-order valence-corrected chi connectivity index (χ0v) is 11.1. The lowest BCUT2D eigenvalue weighted by Crippen LogP contribution is -2.35. The van der Waals surface area contributed by atoms with Crippen molar-refractivity contribution in [2.24, 2.45) is 5.92 Å². The van der Waals surface area contributed by atoms with Gasteiger partial charge in [0, 0.05) is 20.2 Å². The van der Waals surface area contributed by atoms with Crippen molar-refractivity contribution in [2.75, 3.05) is 20.2 Å². The predicted molar refractivity (Wildman–Crippen MR) is 64.3 cm³/mol. The minimum atomic E-state index is -0.442. The van der Waals surface area contributed by atoms with Crippen LogP contribution in [0.3, 0.4) is 0 Å². The van der Waals surface area contributed by atoms with Crippen molar-refractivity contribution in [3.05, 3.63) is 0 Å². The summed E-state index contributed by atoms with van der Waals surface area (Å²) in [6.45, 7) is 8.50. The van der Waals surface area contributed by atoms with Crippen molar-refractivity contribution >= 4 is 6.09 Å². The molecule has 0 fully saturated rings. The lowest BCUT2D eigenvalue weighted by molar-refractivity contribution is 0.0290. The molecule has 0 saturated carbocycles. The van der Waals surface area contributed by atoms with Crippen LogP contribution in [0.5, 0.6) is 0 Å². The Balaban J connectivity index is 3.88. The fraction of sp³-hybridized carbons (Fsp3) is 0.917. The Morgan fingerprint density at radius 3 is 2.38 bits per heavy atom. The van der Waals surface area contributed by atoms with Crippen molar-refractivity contribution in [3.63, 3.8) is 0 Å². The number of hydrogen-bond donors (Lipinski definition) is 1. The van der Waals surface area contributed by atoms with E-state index in [0.29, 0.717) is 12.5 Å². The number of carbonyl (C=O) groups is 1. The lowest BCUT2D eigenvalue weighted by atomic mass is 10.0. The van der Waals surface area contributed by atoms with Crippen molar-refractivity contribution < 1.29 is 14.6 Å². The number of rotatable bonds is 5. The van der Waals surface area contributed by atoms with E-state index in [4.69, 9.17) is 9.84 Å². The molecule has 16 heavy (non-hydrogen) atoms. The third-order valence-corrected chi connectivity index (χ3v) is 2.28. The first-order chi connectivity index (χ1) is 7.26. The summed E-state index contributed by atoms with van der Waals surface area (Å²) < 4.78 is 5.23. The molecular weight excluding hydrogens is 206 g/mol. The average molecular weight is 231 g/mol. The fourth-order valence-electron chi connectivity index (χ4n) is 1.21. The zero-order chi connectivity index (χ0) is 12.8. The first-order valence-corrected chi connectivity index (χ1v) is 5.81. The van der Waals surface area contributed by atoms with Gasteiger partial charge < -0.3 is 14.7 Å². The Morgan fingerprint density at radius 1 is 1.38 bits per heavy atom. The second kappa shape index (κ2) is 6.74. The van der Waals surface area contributed by atoms with Crippen LogP contribution in [0.2, 0.25) is 0 Å². The molecule has 0 aromatic rings. The summed E-state index contributed by atoms with van der Waals surface area (Å²) in [4.78, 5) is 13.2. The summed E-state index contributed by atoms with van der Waals surface area (Å²) >= 11 is 0. The number of aliphatic hydroxyl groups excluding tert-OH is 1. The molecule has 96 valence electrons. The number of ether oxygens (including phenoxy) is 1. The van der Waals surface area contributed by atoms with Gasteiger partial charge in [0.05, 0.1) is 0 Å². The molecule has 4 nitrogen and oxygen atoms in total. The zero-order valence-electron chi connectivity index (χ0n) is 11.1. The largest absolute Gasteiger partial charge is 0.444 e. The molecule has 0 spiro atoms. The topological polar surface area (TPSA) is 49.8 Å². The summed E-state index contributed by atoms with van der Waals surface area (Å²) in [5.41, 5.74) is -0.442. The van der Waals surface area contributed by atoms with Gasteiger partial charge in [0.2, 0.25) is 0 Å². The van der Waals surface area contributed by atoms with Crippen LogP contribution in [-0.2, 0) is 4.74 Å². The van der Waals surface area contributed by atoms with Crippen molar-refractivity contribution in [1.82, 2.24) is 4.90 Å². The van der Waals surface area contributed by atoms with Gasteiger partial charge in [-0.2, -0.15) is 0 Å². The highest BCUT2D eigenvalue weighted by atomic mass is 16.6. The number of nitrogens with zero attached hydrogens (tertiary/aromatic N) is 1. The summed E-state index contributed by atoms with van der Waals surface area (Å²) in [5, 5.41) is 8.76. The molecule has 4 heteroatoms. The van der Waals surface area contributed by atoms with Gasteiger partial charge in [-0.3, -0.25) is 0 Å². The van der Waals surface area contributed by atoms with E-state index >= 15 is 0 Å². The molecule has 0 aliphatic rings. The quantitative estimate of drug-likeness (QED) is 0.789. The molecular formula is C12H25NO3. The number of aliphatic hydroxyl groups is 1. The SMILES string of the molecule is CC(CCO)CCN(C)C(=O)OC(C)(C)C. The molecule has 1 unspecified atom stereocenters. The van der Waals surface area contributed by atoms with Crippen LogP contribution < -0.4 is 0 Å². The standard InChI is InChI=1S/C12H25NO3/c1-10(7-9-14)6-8-13(5)11(15)16-12(2,3)4/h10,14H,6-9H2,1-5H3. The van der Waals surface area contributed by atoms with Crippen molar-refractivity contribution in [2.45, 2.75) is 46.1 Å². The van der Waals surface area contributed by atoms with Crippen LogP contribution in [0.25, 0.3) is 0 Å². The number of amides is 1. The predicted octanol–water partition coefficient (Wildman–Crippen LogP) is 2.26. The highest BCUT2D eigenvalue weighted by Crippen LogP contribution is 2.11. The molecule has 0 saturated heterocycles. The van der Waals surface area contributed by atoms with E-state index in [2.05, 4.69) is 6.92 Å². The van der Waals surface area contributed by atoms with Crippen LogP contribution in [-0.4, -0.2) is 41.9 Å². The third-order valence-electron chi connectivity index (χ3n) is 2.28. The van der Waals surface area contributed by atoms with E-state index in [1.54, 1.807) is 11.9 Å². The van der Waals surface area contributed by atoms with Gasteiger partial charge in [0.15, 0.2) is 0 Å². The Bertz CT molecular complexity index is 211. The third kappa shape index (κ3) is 7.51. The van der Waals surface area contributed by atoms with Gasteiger partial charge in [-0.1, -0.05) is 6.92 Å². The van der Waals surface area contributed by atoms with Crippen LogP contribution in [0.4, 0.5) is 4.79 Å². The molecule has 1 atom stereocenters. The number of hydrogen-bond acceptors (Lipinski definition) is 3. The molecule has 0 rings (SSSR count). The van der Waals surface area contributed by atoms with Gasteiger partial charge in [-0.25, -0.2) is 4.79 Å². The number of carbonyl (C=O) groups excluding carboxylic acids is 1. The van der Waals surface area contributed by atoms with Gasteiger partial charge >= 0.3 is 6.09 Å². The maximum atomic E-state index is 11.6. The molecule has 0 aliphatic heterocycles. The summed E-state index contributed by atoms with van der Waals surface area (Å²) in [6, 6.07) is 0. The fourth-order valence-corrected chi connectivity index (χ4v) is 1.21. The minimum Gasteiger partial charge on any atom is -0.444 e. The molecule has 0 aliphatic carbocycles. The Kier molecular flexibility index (Phi) is 6.41. The summed E-state index contributed by atoms with van der Waals surface area (Å²) in [7, 11) is 1.74. The smallest absolute Gasteiger partial charge is 0.410 e. The van der Waals surface area contributed by atoms with E-state index in [1.807, 2.05) is 20.8 Å². The molecule has 1 N–H and O–H groups in total. The van der Waals surface area contributed by atoms with Crippen LogP contribution in [0.15, 0.2) is 0 Å². The van der Waals surface area contributed by atoms with E-state index in [1.165, 1.54) is 0 Å². The maximum Gasteiger partial charge on any atom is 0.410 e. The average Bonchev–Trinajstić information content (AvgIpc) is 2.11. The molecule has 0 aromatic carbocycles. The van der Waals surface area contributed by atoms with Gasteiger partial charge in [0.25, 0.3) is 0 Å². The molecule has 1 amide bonds. The lowest BCUT2D eigenvalue weighted by Gasteiger charge is -2.25. The van der Waals surface area contributed by atoms with Crippen molar-refractivity contribution in [3.8, 4) is 0 Å². The Labute approximate surface area is 98.6 Å². The second-order valence-electron chi connectivity index (χ2n) is 5.31. The Hall–Kier alpha value is -0.770. The molecule has 0 bridgehead atoms. The monoisotopic (exact) mass is 231 g/mol. The highest BCUT2D eigenvalue weighted by molar-refractivity contribution is 5.67. The van der Waals surface area contributed by atoms with Crippen molar-refractivity contribution in [1.29, 1.82) is 0 Å². The molecule has 0 aromatic heterocycles. The summed E-state index contributed by atoms with van der Waals surface area (Å²) in [6.07, 6.45) is 1.38. The molecule has 0 radical (unpaired) electrons. The van der Waals surface area contributed by atoms with E-state index in [9.17, 15) is 4.79 Å². The van der Waals surface area contributed by atoms with E-state index in [-0.39, 0.29) is 12.7 Å². The van der Waals surface area contributed by atoms with Crippen LogP contribution >= 0.6 is 0 Å². The van der Waals surface area contributed by atoms with E-state index < -0.39 is 5.60 Å². The van der Waals surface area contributed by atoms with Crippen LogP contribution in [0, 0.1) is 5.92 Å². The minimum absolute atomic E-state index is 0.206. The highest BCUT2D eigenvalue weighted by Gasteiger charge is 2.19. The summed E-state index contributed by atoms with van der Waals surface area (Å²) in [5.74, 6) is 0.426. The Morgan fingerprint density at radius 2 is 1.94 bits per heavy atom.